The molecule has 0 radical (unpaired) electrons. The number of benzene rings is 2. The van der Waals surface area contributed by atoms with Crippen LogP contribution in [0.15, 0.2) is 61.1 Å². The molecule has 1 aliphatic rings. The quantitative estimate of drug-likeness (QED) is 0.349. The normalized spacial score (nSPS) is 14.2. The van der Waals surface area contributed by atoms with Crippen molar-refractivity contribution in [1.82, 2.24) is 19.9 Å². The molecule has 0 fully saturated rings. The summed E-state index contributed by atoms with van der Waals surface area (Å²) in [6.45, 7) is 2.42. The molecule has 170 valence electrons. The van der Waals surface area contributed by atoms with Crippen LogP contribution in [0.3, 0.4) is 0 Å². The maximum atomic E-state index is 14.1. The Morgan fingerprint density at radius 3 is 2.64 bits per heavy atom. The van der Waals surface area contributed by atoms with Crippen LogP contribution < -0.4 is 21.5 Å². The minimum atomic E-state index is -0.472. The predicted octanol–water partition coefficient (Wildman–Crippen LogP) is 4.25. The van der Waals surface area contributed by atoms with Crippen LogP contribution in [-0.2, 0) is 6.54 Å². The minimum Gasteiger partial charge on any atom is -0.482 e. The van der Waals surface area contributed by atoms with Gasteiger partial charge in [-0.1, -0.05) is 6.07 Å². The van der Waals surface area contributed by atoms with Gasteiger partial charge < -0.3 is 26.1 Å². The summed E-state index contributed by atoms with van der Waals surface area (Å²) >= 11 is 0. The van der Waals surface area contributed by atoms with Crippen LogP contribution in [0.4, 0.5) is 15.9 Å². The average Bonchev–Trinajstić information content (AvgIpc) is 3.24. The summed E-state index contributed by atoms with van der Waals surface area (Å²) in [5.41, 5.74) is 17.1. The summed E-state index contributed by atoms with van der Waals surface area (Å²) in [4.78, 5) is 8.87. The third kappa shape index (κ3) is 4.51. The highest BCUT2D eigenvalue weighted by Gasteiger charge is 2.21. The lowest BCUT2D eigenvalue weighted by molar-refractivity contribution is 0.227. The maximum Gasteiger partial charge on any atom is 0.166 e. The molecule has 2 aromatic carbocycles. The van der Waals surface area contributed by atoms with E-state index in [4.69, 9.17) is 16.2 Å². The number of halogens is 1. The van der Waals surface area contributed by atoms with Gasteiger partial charge in [-0.15, -0.1) is 0 Å². The largest absolute Gasteiger partial charge is 0.482 e. The lowest BCUT2D eigenvalue weighted by Crippen LogP contribution is -2.11. The minimum absolute atomic E-state index is 0.271. The van der Waals surface area contributed by atoms with Crippen LogP contribution in [0.2, 0.25) is 0 Å². The number of hydrogen-bond acceptors (Lipinski definition) is 6. The molecule has 0 saturated carbocycles. The lowest BCUT2D eigenvalue weighted by atomic mass is 9.98. The van der Waals surface area contributed by atoms with Gasteiger partial charge >= 0.3 is 0 Å². The van der Waals surface area contributed by atoms with E-state index in [1.807, 2.05) is 56.0 Å². The maximum absolute atomic E-state index is 14.1. The molecule has 0 saturated heterocycles. The number of hydrogen-bond donors (Lipinski definition) is 3. The van der Waals surface area contributed by atoms with Crippen molar-refractivity contribution in [3.63, 3.8) is 0 Å². The molecule has 8 heteroatoms. The van der Waals surface area contributed by atoms with Gasteiger partial charge in [0.2, 0.25) is 0 Å². The highest BCUT2D eigenvalue weighted by atomic mass is 19.1. The van der Waals surface area contributed by atoms with Gasteiger partial charge in [0.15, 0.2) is 11.6 Å². The summed E-state index contributed by atoms with van der Waals surface area (Å²) in [6.07, 6.45) is 4.88. The SMILES string of the molecule is CC1Oc2cc(cnc2N)-c2cc(N)ccc2Cn2ccnc2-c2ccc(F)cc21.CNC. The number of nitrogens with zero attached hydrogens (tertiary/aromatic N) is 3. The Bertz CT molecular complexity index is 1290. The number of pyridine rings is 1. The number of nitrogens with one attached hydrogen (secondary N) is 1. The highest BCUT2D eigenvalue weighted by molar-refractivity contribution is 5.73. The predicted molar refractivity (Wildman–Crippen MR) is 129 cm³/mol. The van der Waals surface area contributed by atoms with Gasteiger partial charge in [0.1, 0.15) is 17.7 Å². The fraction of sp³-hybridized carbons (Fsp3) is 0.200. The monoisotopic (exact) mass is 446 g/mol. The summed E-state index contributed by atoms with van der Waals surface area (Å²) in [5, 5.41) is 2.75. The third-order valence-electron chi connectivity index (χ3n) is 5.38. The van der Waals surface area contributed by atoms with Gasteiger partial charge in [-0.25, -0.2) is 14.4 Å². The molecule has 2 aromatic heterocycles. The smallest absolute Gasteiger partial charge is 0.166 e. The second-order valence-corrected chi connectivity index (χ2v) is 7.89. The summed E-state index contributed by atoms with van der Waals surface area (Å²) in [6, 6.07) is 12.3. The fourth-order valence-electron chi connectivity index (χ4n) is 3.89. The van der Waals surface area contributed by atoms with E-state index in [1.165, 1.54) is 12.1 Å². The molecule has 2 bridgehead atoms. The summed E-state index contributed by atoms with van der Waals surface area (Å²) in [5.74, 6) is 1.11. The van der Waals surface area contributed by atoms with Gasteiger partial charge in [0.25, 0.3) is 0 Å². The molecule has 0 aliphatic carbocycles. The second-order valence-electron chi connectivity index (χ2n) is 7.89. The number of nitrogens with two attached hydrogens (primary N) is 2. The molecular formula is C25H27FN6O. The Labute approximate surface area is 192 Å². The first-order valence-electron chi connectivity index (χ1n) is 10.6. The number of nitrogen functional groups attached to an aromatic ring is 2. The number of aromatic nitrogens is 3. The second kappa shape index (κ2) is 9.30. The molecule has 1 aliphatic heterocycles. The van der Waals surface area contributed by atoms with E-state index in [1.54, 1.807) is 18.5 Å². The number of rotatable bonds is 0. The third-order valence-corrected chi connectivity index (χ3v) is 5.38. The van der Waals surface area contributed by atoms with E-state index < -0.39 is 6.10 Å². The van der Waals surface area contributed by atoms with Crippen molar-refractivity contribution in [2.24, 2.45) is 0 Å². The Morgan fingerprint density at radius 2 is 1.85 bits per heavy atom. The molecule has 1 unspecified atom stereocenters. The number of anilines is 2. The zero-order valence-electron chi connectivity index (χ0n) is 18.8. The van der Waals surface area contributed by atoms with Gasteiger partial charge in [-0.3, -0.25) is 0 Å². The fourth-order valence-corrected chi connectivity index (χ4v) is 3.89. The van der Waals surface area contributed by atoms with Crippen LogP contribution in [0.25, 0.3) is 22.5 Å². The average molecular weight is 447 g/mol. The molecule has 4 aromatic rings. The van der Waals surface area contributed by atoms with Crippen molar-refractivity contribution in [3.05, 3.63) is 78.0 Å². The van der Waals surface area contributed by atoms with E-state index in [9.17, 15) is 4.39 Å². The molecule has 5 rings (SSSR count). The molecule has 5 N–H and O–H groups in total. The van der Waals surface area contributed by atoms with Crippen LogP contribution in [0.1, 0.15) is 24.2 Å². The van der Waals surface area contributed by atoms with Crippen molar-refractivity contribution in [3.8, 4) is 28.3 Å². The van der Waals surface area contributed by atoms with Gasteiger partial charge in [-0.2, -0.15) is 0 Å². The van der Waals surface area contributed by atoms with Crippen molar-refractivity contribution >= 4 is 11.5 Å². The number of fused-ring (bicyclic) bond motifs is 7. The van der Waals surface area contributed by atoms with E-state index in [0.717, 1.165) is 28.1 Å². The van der Waals surface area contributed by atoms with Crippen LogP contribution >= 0.6 is 0 Å². The van der Waals surface area contributed by atoms with Gasteiger partial charge in [0, 0.05) is 47.5 Å². The van der Waals surface area contributed by atoms with Crippen molar-refractivity contribution in [2.45, 2.75) is 19.6 Å². The van der Waals surface area contributed by atoms with E-state index in [2.05, 4.69) is 15.3 Å². The molecule has 3 heterocycles. The Kier molecular flexibility index (Phi) is 6.28. The van der Waals surface area contributed by atoms with Crippen LogP contribution in [0, 0.1) is 5.82 Å². The van der Waals surface area contributed by atoms with Crippen LogP contribution in [0.5, 0.6) is 5.75 Å². The summed E-state index contributed by atoms with van der Waals surface area (Å²) < 4.78 is 22.3. The number of imidazole rings is 1. The molecule has 1 atom stereocenters. The molecule has 0 amide bonds. The lowest BCUT2D eigenvalue weighted by Gasteiger charge is -2.22. The molecule has 0 spiro atoms. The summed E-state index contributed by atoms with van der Waals surface area (Å²) in [7, 11) is 3.75. The topological polar surface area (TPSA) is 104 Å². The zero-order valence-corrected chi connectivity index (χ0v) is 18.8. The van der Waals surface area contributed by atoms with Gasteiger partial charge in [-0.05, 0) is 68.5 Å². The van der Waals surface area contributed by atoms with E-state index in [-0.39, 0.29) is 11.6 Å². The van der Waals surface area contributed by atoms with Gasteiger partial charge in [0.05, 0.1) is 0 Å². The van der Waals surface area contributed by atoms with Crippen molar-refractivity contribution in [2.75, 3.05) is 25.6 Å². The molecule has 33 heavy (non-hydrogen) atoms. The zero-order chi connectivity index (χ0) is 23.5. The number of ether oxygens (including phenoxy) is 1. The highest BCUT2D eigenvalue weighted by Crippen LogP contribution is 2.37. The molecular weight excluding hydrogens is 419 g/mol. The first-order valence-corrected chi connectivity index (χ1v) is 10.6. The van der Waals surface area contributed by atoms with E-state index in [0.29, 0.717) is 23.5 Å². The van der Waals surface area contributed by atoms with E-state index >= 15 is 0 Å². The molecule has 7 nitrogen and oxygen atoms in total. The Balaban J connectivity index is 0.000000821. The van der Waals surface area contributed by atoms with Crippen molar-refractivity contribution < 1.29 is 9.13 Å². The first-order chi connectivity index (χ1) is 15.9. The Hall–Kier alpha value is -3.91. The van der Waals surface area contributed by atoms with Crippen LogP contribution in [-0.4, -0.2) is 28.6 Å². The van der Waals surface area contributed by atoms with Crippen molar-refractivity contribution in [1.29, 1.82) is 0 Å². The first kappa shape index (κ1) is 22.3. The Morgan fingerprint density at radius 1 is 1.06 bits per heavy atom. The standard InChI is InChI=1S/C23H20FN5O.C2H7N/c1-13-19-9-16(24)3-5-18(19)23-27-6-7-29(23)12-14-2-4-17(25)10-20(14)15-8-21(30-13)22(26)28-11-15;1-3-2/h2-11,13H,12,25H2,1H3,(H2,26,28);3H,1-2H3.